The molecular formula is C16H25NOS. The fourth-order valence-corrected chi connectivity index (χ4v) is 4.04. The lowest BCUT2D eigenvalue weighted by Crippen LogP contribution is -2.32. The minimum absolute atomic E-state index is 0.124. The van der Waals surface area contributed by atoms with Gasteiger partial charge in [-0.05, 0) is 41.8 Å². The van der Waals surface area contributed by atoms with Gasteiger partial charge in [0, 0.05) is 10.9 Å². The van der Waals surface area contributed by atoms with Crippen LogP contribution in [0.5, 0.6) is 0 Å². The first kappa shape index (κ1) is 14.6. The molecule has 1 fully saturated rings. The number of hydrogen-bond donors (Lipinski definition) is 1. The molecule has 0 aliphatic heterocycles. The van der Waals surface area contributed by atoms with Crippen molar-refractivity contribution in [3.63, 3.8) is 0 Å². The van der Waals surface area contributed by atoms with Crippen LogP contribution < -0.4 is 4.72 Å². The van der Waals surface area contributed by atoms with Crippen molar-refractivity contribution in [1.82, 2.24) is 4.72 Å². The van der Waals surface area contributed by atoms with Gasteiger partial charge in [0.15, 0.2) is 0 Å². The second kappa shape index (κ2) is 5.29. The number of benzene rings is 1. The summed E-state index contributed by atoms with van der Waals surface area (Å²) in [6, 6.07) is 8.41. The lowest BCUT2D eigenvalue weighted by molar-refractivity contribution is 0.589. The largest absolute Gasteiger partial charge is 0.248 e. The van der Waals surface area contributed by atoms with Gasteiger partial charge in [-0.1, -0.05) is 45.7 Å². The number of hydrogen-bond acceptors (Lipinski definition) is 1. The second-order valence-electron chi connectivity index (χ2n) is 6.55. The Morgan fingerprint density at radius 1 is 1.16 bits per heavy atom. The van der Waals surface area contributed by atoms with Crippen LogP contribution in [-0.2, 0) is 15.1 Å². The second-order valence-corrected chi connectivity index (χ2v) is 8.61. The van der Waals surface area contributed by atoms with Crippen molar-refractivity contribution in [3.8, 4) is 0 Å². The monoisotopic (exact) mass is 279 g/mol. The summed E-state index contributed by atoms with van der Waals surface area (Å²) in [7, 11) is -2.36. The van der Waals surface area contributed by atoms with Crippen molar-refractivity contribution in [2.75, 3.05) is 0 Å². The highest BCUT2D eigenvalue weighted by molar-refractivity contribution is 7.98. The summed E-state index contributed by atoms with van der Waals surface area (Å²) in [5, 5.41) is 0. The van der Waals surface area contributed by atoms with Gasteiger partial charge in [0.2, 0.25) is 0 Å². The van der Waals surface area contributed by atoms with Gasteiger partial charge < -0.3 is 0 Å². The minimum Gasteiger partial charge on any atom is -0.248 e. The van der Waals surface area contributed by atoms with Gasteiger partial charge in [0.25, 0.3) is 0 Å². The summed E-state index contributed by atoms with van der Waals surface area (Å²) >= 11 is 0. The van der Waals surface area contributed by atoms with Crippen molar-refractivity contribution in [2.45, 2.75) is 62.8 Å². The van der Waals surface area contributed by atoms with Gasteiger partial charge in [0.05, 0.1) is 9.71 Å². The van der Waals surface area contributed by atoms with E-state index < -0.39 is 9.71 Å². The maximum atomic E-state index is 12.7. The Bertz CT molecular complexity index is 517. The highest BCUT2D eigenvalue weighted by atomic mass is 32.2. The van der Waals surface area contributed by atoms with E-state index >= 15 is 0 Å². The average Bonchev–Trinajstić information content (AvgIpc) is 2.80. The zero-order valence-corrected chi connectivity index (χ0v) is 13.1. The van der Waals surface area contributed by atoms with Crippen molar-refractivity contribution in [1.29, 1.82) is 0 Å². The average molecular weight is 279 g/mol. The molecule has 1 aliphatic carbocycles. The van der Waals surface area contributed by atoms with Crippen molar-refractivity contribution in [2.24, 2.45) is 0 Å². The molecule has 0 heterocycles. The SMILES string of the molecule is C=S(=O)(NC1CCCC1)c1ccc(C(C)(C)C)cc1. The Morgan fingerprint density at radius 2 is 1.68 bits per heavy atom. The molecule has 3 heteroatoms. The van der Waals surface area contributed by atoms with Gasteiger partial charge in [-0.2, -0.15) is 0 Å². The molecule has 0 amide bonds. The topological polar surface area (TPSA) is 29.1 Å². The molecule has 19 heavy (non-hydrogen) atoms. The van der Waals surface area contributed by atoms with E-state index in [0.29, 0.717) is 6.04 Å². The first-order valence-electron chi connectivity index (χ1n) is 7.04. The minimum atomic E-state index is -2.36. The van der Waals surface area contributed by atoms with E-state index in [0.717, 1.165) is 17.7 Å². The maximum Gasteiger partial charge on any atom is 0.0535 e. The molecule has 0 spiro atoms. The van der Waals surface area contributed by atoms with Gasteiger partial charge >= 0.3 is 0 Å². The van der Waals surface area contributed by atoms with Crippen LogP contribution in [0.1, 0.15) is 52.0 Å². The van der Waals surface area contributed by atoms with Gasteiger partial charge in [-0.3, -0.25) is 0 Å². The highest BCUT2D eigenvalue weighted by Crippen LogP contribution is 2.24. The molecule has 1 atom stereocenters. The summed E-state index contributed by atoms with van der Waals surface area (Å²) in [6.45, 7) is 6.54. The fraction of sp³-hybridized carbons (Fsp3) is 0.562. The number of nitrogens with one attached hydrogen (secondary N) is 1. The van der Waals surface area contributed by atoms with Crippen molar-refractivity contribution >= 4 is 15.6 Å². The molecule has 1 aromatic rings. The first-order chi connectivity index (χ1) is 8.79. The van der Waals surface area contributed by atoms with Crippen molar-refractivity contribution in [3.05, 3.63) is 29.8 Å². The zero-order valence-electron chi connectivity index (χ0n) is 12.2. The van der Waals surface area contributed by atoms with Crippen LogP contribution in [0.3, 0.4) is 0 Å². The summed E-state index contributed by atoms with van der Waals surface area (Å²) in [5.41, 5.74) is 1.38. The van der Waals surface area contributed by atoms with E-state index in [9.17, 15) is 4.21 Å². The van der Waals surface area contributed by atoms with Crippen LogP contribution in [0.2, 0.25) is 0 Å². The summed E-state index contributed by atoms with van der Waals surface area (Å²) < 4.78 is 15.9. The van der Waals surface area contributed by atoms with Crippen LogP contribution in [0.25, 0.3) is 0 Å². The molecular weight excluding hydrogens is 254 g/mol. The Hall–Kier alpha value is -0.800. The predicted molar refractivity (Wildman–Crippen MR) is 84.1 cm³/mol. The third-order valence-corrected chi connectivity index (χ3v) is 5.56. The van der Waals surface area contributed by atoms with E-state index in [-0.39, 0.29) is 5.41 Å². The van der Waals surface area contributed by atoms with E-state index in [4.69, 9.17) is 0 Å². The molecule has 1 aliphatic rings. The lowest BCUT2D eigenvalue weighted by Gasteiger charge is -2.21. The normalized spacial score (nSPS) is 20.4. The Balaban J connectivity index is 2.16. The van der Waals surface area contributed by atoms with Crippen LogP contribution in [-0.4, -0.2) is 16.1 Å². The van der Waals surface area contributed by atoms with Gasteiger partial charge in [-0.15, -0.1) is 0 Å². The predicted octanol–water partition coefficient (Wildman–Crippen LogP) is 3.51. The van der Waals surface area contributed by atoms with E-state index in [1.807, 2.05) is 12.1 Å². The molecule has 2 rings (SSSR count). The van der Waals surface area contributed by atoms with E-state index in [1.165, 1.54) is 18.4 Å². The number of rotatable bonds is 3. The molecule has 1 saturated carbocycles. The Labute approximate surface area is 117 Å². The third-order valence-electron chi connectivity index (χ3n) is 3.81. The van der Waals surface area contributed by atoms with E-state index in [1.54, 1.807) is 0 Å². The molecule has 0 radical (unpaired) electrons. The lowest BCUT2D eigenvalue weighted by atomic mass is 9.87. The van der Waals surface area contributed by atoms with Crippen molar-refractivity contribution < 1.29 is 4.21 Å². The summed E-state index contributed by atoms with van der Waals surface area (Å²) in [6.07, 6.45) is 4.70. The molecule has 1 aromatic carbocycles. The van der Waals surface area contributed by atoms with Crippen LogP contribution in [0.15, 0.2) is 29.2 Å². The maximum absolute atomic E-state index is 12.7. The Morgan fingerprint density at radius 3 is 2.16 bits per heavy atom. The summed E-state index contributed by atoms with van der Waals surface area (Å²) in [4.78, 5) is 0.812. The molecule has 0 saturated heterocycles. The van der Waals surface area contributed by atoms with E-state index in [2.05, 4.69) is 43.5 Å². The molecule has 1 N–H and O–H groups in total. The molecule has 1 unspecified atom stereocenters. The molecule has 0 bridgehead atoms. The first-order valence-corrected chi connectivity index (χ1v) is 8.77. The molecule has 106 valence electrons. The van der Waals surface area contributed by atoms with Gasteiger partial charge in [0.1, 0.15) is 0 Å². The molecule has 0 aromatic heterocycles. The Kier molecular flexibility index (Phi) is 4.07. The molecule has 2 nitrogen and oxygen atoms in total. The third kappa shape index (κ3) is 3.61. The quantitative estimate of drug-likeness (QED) is 0.843. The van der Waals surface area contributed by atoms with Crippen LogP contribution in [0.4, 0.5) is 0 Å². The van der Waals surface area contributed by atoms with Crippen LogP contribution >= 0.6 is 0 Å². The highest BCUT2D eigenvalue weighted by Gasteiger charge is 2.20. The van der Waals surface area contributed by atoms with Gasteiger partial charge in [-0.25, -0.2) is 8.93 Å². The standard InChI is InChI=1S/C16H25NOS/c1-16(2,3)13-9-11-15(12-10-13)19(4,18)17-14-7-5-6-8-14/h9-12,14H,4-8H2,1-3H3,(H,17,18). The zero-order chi connectivity index (χ0) is 14.1. The fourth-order valence-electron chi connectivity index (χ4n) is 2.56. The summed E-state index contributed by atoms with van der Waals surface area (Å²) in [5.74, 6) is 3.91. The smallest absolute Gasteiger partial charge is 0.0535 e. The van der Waals surface area contributed by atoms with Crippen LogP contribution in [0, 0.1) is 0 Å².